The summed E-state index contributed by atoms with van der Waals surface area (Å²) < 4.78 is 13.1. The second-order valence-electron chi connectivity index (χ2n) is 5.39. The predicted molar refractivity (Wildman–Crippen MR) is 102 cm³/mol. The smallest absolute Gasteiger partial charge is 0.0929 e. The Kier molecular flexibility index (Phi) is 5.10. The fourth-order valence-electron chi connectivity index (χ4n) is 3.00. The Balaban J connectivity index is 2.36. The topological polar surface area (TPSA) is 0 Å². The quantitative estimate of drug-likeness (QED) is 0.619. The predicted octanol–water partition coefficient (Wildman–Crippen LogP) is 4.14. The Hall–Kier alpha value is -2.11. The Morgan fingerprint density at radius 3 is 1.26 bits per heavy atom. The number of hydrogen-bond donors (Lipinski definition) is 0. The van der Waals surface area contributed by atoms with Crippen molar-refractivity contribution in [2.45, 2.75) is 6.42 Å². The highest BCUT2D eigenvalue weighted by Gasteiger charge is 2.24. The molecule has 23 heavy (non-hydrogen) atoms. The normalized spacial score (nSPS) is 11.2. The number of benzene rings is 3. The first-order chi connectivity index (χ1) is 11.4. The Morgan fingerprint density at radius 2 is 0.957 bits per heavy atom. The van der Waals surface area contributed by atoms with E-state index in [1.165, 1.54) is 15.9 Å². The molecule has 0 nitrogen and oxygen atoms in total. The van der Waals surface area contributed by atoms with Crippen molar-refractivity contribution in [3.63, 3.8) is 0 Å². The molecule has 3 rings (SSSR count). The maximum atomic E-state index is 13.1. The van der Waals surface area contributed by atoms with Crippen LogP contribution in [-0.4, -0.2) is 12.5 Å². The molecule has 0 heterocycles. The molecular weight excluding hydrogens is 302 g/mol. The summed E-state index contributed by atoms with van der Waals surface area (Å²) in [6.07, 6.45) is 0.465. The summed E-state index contributed by atoms with van der Waals surface area (Å²) in [6.45, 7) is -2.26. The van der Waals surface area contributed by atoms with Gasteiger partial charge in [0.05, 0.1) is 6.67 Å². The number of hydrogen-bond acceptors (Lipinski definition) is 0. The van der Waals surface area contributed by atoms with Gasteiger partial charge in [-0.15, -0.1) is 0 Å². The van der Waals surface area contributed by atoms with E-state index in [0.29, 0.717) is 6.42 Å². The van der Waals surface area contributed by atoms with E-state index in [2.05, 4.69) is 78.6 Å². The van der Waals surface area contributed by atoms with Crippen molar-refractivity contribution >= 4 is 28.6 Å². The van der Waals surface area contributed by atoms with Crippen LogP contribution in [0.25, 0.3) is 0 Å². The molecule has 0 fully saturated rings. The van der Waals surface area contributed by atoms with Gasteiger partial charge in [0.2, 0.25) is 0 Å². The zero-order valence-corrected chi connectivity index (χ0v) is 13.9. The van der Waals surface area contributed by atoms with Crippen molar-refractivity contribution in [3.05, 3.63) is 91.0 Å². The number of rotatable bonds is 5. The molecular formula is C21H20FP. The molecule has 0 N–H and O–H groups in total. The van der Waals surface area contributed by atoms with Crippen molar-refractivity contribution in [3.8, 4) is 0 Å². The molecule has 0 aliphatic heterocycles. The van der Waals surface area contributed by atoms with E-state index in [1.54, 1.807) is 0 Å². The zero-order valence-electron chi connectivity index (χ0n) is 13.0. The lowest BCUT2D eigenvalue weighted by atomic mass is 10.4. The third-order valence-corrected chi connectivity index (χ3v) is 8.15. The lowest BCUT2D eigenvalue weighted by Crippen LogP contribution is -2.27. The molecule has 0 bridgehead atoms. The fourth-order valence-corrected chi connectivity index (χ4v) is 6.93. The molecule has 116 valence electrons. The monoisotopic (exact) mass is 322 g/mol. The Labute approximate surface area is 137 Å². The van der Waals surface area contributed by atoms with Crippen LogP contribution in [0.2, 0.25) is 0 Å². The molecule has 0 radical (unpaired) electrons. The molecule has 0 amide bonds. The summed E-state index contributed by atoms with van der Waals surface area (Å²) in [5.74, 6) is 2.22. The highest BCUT2D eigenvalue weighted by molar-refractivity contribution is 7.94. The van der Waals surface area contributed by atoms with Crippen LogP contribution < -0.4 is 15.9 Å². The van der Waals surface area contributed by atoms with Crippen molar-refractivity contribution in [2.75, 3.05) is 6.67 Å². The second-order valence-corrected chi connectivity index (χ2v) is 8.75. The van der Waals surface area contributed by atoms with Gasteiger partial charge in [-0.3, -0.25) is 4.39 Å². The van der Waals surface area contributed by atoms with Crippen LogP contribution in [0.5, 0.6) is 0 Å². The number of halogens is 1. The van der Waals surface area contributed by atoms with E-state index in [1.807, 2.05) is 18.2 Å². The second kappa shape index (κ2) is 7.44. The first kappa shape index (κ1) is 15.8. The van der Waals surface area contributed by atoms with Crippen LogP contribution in [0.15, 0.2) is 91.0 Å². The van der Waals surface area contributed by atoms with Crippen LogP contribution in [0, 0.1) is 0 Å². The molecule has 0 aromatic heterocycles. The first-order valence-electron chi connectivity index (χ1n) is 7.84. The largest absolute Gasteiger partial charge is 0.251 e. The zero-order chi connectivity index (χ0) is 16.0. The average Bonchev–Trinajstić information content (AvgIpc) is 2.65. The van der Waals surface area contributed by atoms with Crippen LogP contribution in [0.1, 0.15) is 6.42 Å². The van der Waals surface area contributed by atoms with Gasteiger partial charge in [-0.05, 0) is 29.2 Å². The maximum Gasteiger partial charge on any atom is 0.0929 e. The first-order valence-corrected chi connectivity index (χ1v) is 9.69. The van der Waals surface area contributed by atoms with Crippen LogP contribution >= 0.6 is 6.89 Å². The molecule has 3 aromatic rings. The van der Waals surface area contributed by atoms with Crippen molar-refractivity contribution in [2.24, 2.45) is 0 Å². The van der Waals surface area contributed by atoms with Gasteiger partial charge in [0.25, 0.3) is 0 Å². The minimum atomic E-state index is -1.93. The molecule has 0 atom stereocenters. The summed E-state index contributed by atoms with van der Waals surface area (Å²) in [7, 11) is 0. The third-order valence-electron chi connectivity index (χ3n) is 4.00. The average molecular weight is 322 g/mol. The van der Waals surface area contributed by atoms with Crippen molar-refractivity contribution < 1.29 is 4.39 Å². The van der Waals surface area contributed by atoms with Gasteiger partial charge < -0.3 is 0 Å². The Bertz CT molecular complexity index is 676. The van der Waals surface area contributed by atoms with E-state index >= 15 is 0 Å². The van der Waals surface area contributed by atoms with Gasteiger partial charge in [-0.1, -0.05) is 96.8 Å². The van der Waals surface area contributed by atoms with E-state index in [0.717, 1.165) is 0 Å². The molecule has 0 saturated carbocycles. The van der Waals surface area contributed by atoms with E-state index in [4.69, 9.17) is 0 Å². The fraction of sp³-hybridized carbons (Fsp3) is 0.0952. The van der Waals surface area contributed by atoms with Crippen LogP contribution in [-0.2, 0) is 0 Å². The van der Waals surface area contributed by atoms with Crippen molar-refractivity contribution in [1.82, 2.24) is 0 Å². The highest BCUT2D eigenvalue weighted by atomic mass is 31.2. The molecule has 0 saturated heterocycles. The molecule has 3 aromatic carbocycles. The molecule has 0 spiro atoms. The van der Waals surface area contributed by atoms with Gasteiger partial charge in [-0.25, -0.2) is 0 Å². The molecule has 0 unspecified atom stereocenters. The summed E-state index contributed by atoms with van der Waals surface area (Å²) in [5.41, 5.74) is 0. The summed E-state index contributed by atoms with van der Waals surface area (Å²) >= 11 is 0. The van der Waals surface area contributed by atoms with E-state index in [9.17, 15) is 4.39 Å². The Morgan fingerprint density at radius 1 is 0.609 bits per heavy atom. The summed E-state index contributed by atoms with van der Waals surface area (Å²) in [5, 5.41) is 3.81. The molecule has 0 aliphatic rings. The standard InChI is InChI=1S/C21H20FP/c22-17-10-18-23(19-11-4-1-5-12-19,20-13-6-2-7-14-20)21-15-8-3-9-16-21/h1-9,11-16,18H,10,17H2. The summed E-state index contributed by atoms with van der Waals surface area (Å²) in [6, 6.07) is 31.5. The minimum absolute atomic E-state index is 0.325. The SMILES string of the molecule is FCCC=P(c1ccccc1)(c1ccccc1)c1ccccc1. The maximum absolute atomic E-state index is 13.1. The molecule has 0 aliphatic carbocycles. The highest BCUT2D eigenvalue weighted by Crippen LogP contribution is 2.43. The minimum Gasteiger partial charge on any atom is -0.251 e. The third kappa shape index (κ3) is 3.16. The molecule has 2 heteroatoms. The van der Waals surface area contributed by atoms with Crippen molar-refractivity contribution in [1.29, 1.82) is 0 Å². The lowest BCUT2D eigenvalue weighted by molar-refractivity contribution is 0.512. The van der Waals surface area contributed by atoms with Gasteiger partial charge in [0.1, 0.15) is 0 Å². The van der Waals surface area contributed by atoms with E-state index in [-0.39, 0.29) is 6.67 Å². The number of alkyl halides is 1. The lowest BCUT2D eigenvalue weighted by Gasteiger charge is -2.28. The van der Waals surface area contributed by atoms with Crippen LogP contribution in [0.4, 0.5) is 4.39 Å². The van der Waals surface area contributed by atoms with Gasteiger partial charge in [0.15, 0.2) is 0 Å². The van der Waals surface area contributed by atoms with Crippen LogP contribution in [0.3, 0.4) is 0 Å². The van der Waals surface area contributed by atoms with Gasteiger partial charge in [-0.2, -0.15) is 0 Å². The van der Waals surface area contributed by atoms with Gasteiger partial charge in [0, 0.05) is 0 Å². The van der Waals surface area contributed by atoms with E-state index < -0.39 is 6.89 Å². The summed E-state index contributed by atoms with van der Waals surface area (Å²) in [4.78, 5) is 0. The van der Waals surface area contributed by atoms with Gasteiger partial charge >= 0.3 is 0 Å².